The third-order valence-electron chi connectivity index (χ3n) is 5.15. The molecule has 0 aliphatic carbocycles. The molecule has 1 unspecified atom stereocenters. The lowest BCUT2D eigenvalue weighted by molar-refractivity contribution is 0.0177. The second-order valence-electron chi connectivity index (χ2n) is 7.23. The van der Waals surface area contributed by atoms with Crippen LogP contribution in [0, 0.1) is 13.8 Å². The summed E-state index contributed by atoms with van der Waals surface area (Å²) in [6.45, 7) is 9.17. The number of morpholine rings is 1. The lowest BCUT2D eigenvalue weighted by Gasteiger charge is -2.34. The number of benzene rings is 1. The molecule has 1 aromatic carbocycles. The number of hydrogen-bond donors (Lipinski definition) is 2. The first kappa shape index (κ1) is 21.6. The molecule has 7 heteroatoms. The van der Waals surface area contributed by atoms with Gasteiger partial charge < -0.3 is 20.1 Å². The van der Waals surface area contributed by atoms with Crippen molar-refractivity contribution in [2.24, 2.45) is 4.99 Å². The van der Waals surface area contributed by atoms with Gasteiger partial charge in [-0.15, -0.1) is 11.3 Å². The smallest absolute Gasteiger partial charge is 0.191 e. The van der Waals surface area contributed by atoms with E-state index >= 15 is 0 Å². The quantitative estimate of drug-likeness (QED) is 0.537. The molecule has 0 saturated carbocycles. The summed E-state index contributed by atoms with van der Waals surface area (Å²) in [6.07, 6.45) is 0. The van der Waals surface area contributed by atoms with Gasteiger partial charge in [0.05, 0.1) is 26.4 Å². The minimum absolute atomic E-state index is 0.310. The molecule has 1 fully saturated rings. The van der Waals surface area contributed by atoms with Gasteiger partial charge in [-0.3, -0.25) is 9.89 Å². The van der Waals surface area contributed by atoms with Crippen LogP contribution in [0.15, 0.2) is 35.3 Å². The minimum Gasteiger partial charge on any atom is -0.496 e. The number of aryl methyl sites for hydroxylation is 2. The van der Waals surface area contributed by atoms with Crippen LogP contribution in [0.3, 0.4) is 0 Å². The number of aliphatic imine (C=N–C) groups is 1. The molecule has 1 aliphatic heterocycles. The van der Waals surface area contributed by atoms with Crippen LogP contribution >= 0.6 is 11.3 Å². The van der Waals surface area contributed by atoms with E-state index in [1.807, 2.05) is 11.3 Å². The van der Waals surface area contributed by atoms with E-state index in [1.165, 1.54) is 15.3 Å². The van der Waals surface area contributed by atoms with Crippen molar-refractivity contribution in [3.05, 3.63) is 51.2 Å². The highest BCUT2D eigenvalue weighted by Crippen LogP contribution is 2.28. The zero-order chi connectivity index (χ0) is 20.6. The molecule has 158 valence electrons. The molecule has 0 spiro atoms. The van der Waals surface area contributed by atoms with E-state index in [9.17, 15) is 0 Å². The fourth-order valence-corrected chi connectivity index (χ4v) is 4.53. The van der Waals surface area contributed by atoms with Gasteiger partial charge in [0, 0.05) is 48.5 Å². The number of nitrogens with zero attached hydrogens (tertiary/aromatic N) is 2. The zero-order valence-corrected chi connectivity index (χ0v) is 18.6. The van der Waals surface area contributed by atoms with Gasteiger partial charge in [-0.2, -0.15) is 0 Å². The summed E-state index contributed by atoms with van der Waals surface area (Å²) in [6, 6.07) is 11.0. The summed E-state index contributed by atoms with van der Waals surface area (Å²) in [5.74, 6) is 1.69. The molecule has 6 nitrogen and oxygen atoms in total. The van der Waals surface area contributed by atoms with Gasteiger partial charge in [-0.1, -0.05) is 12.1 Å². The van der Waals surface area contributed by atoms with E-state index in [-0.39, 0.29) is 0 Å². The Morgan fingerprint density at radius 3 is 2.66 bits per heavy atom. The van der Waals surface area contributed by atoms with Gasteiger partial charge in [0.1, 0.15) is 5.75 Å². The van der Waals surface area contributed by atoms with Gasteiger partial charge in [-0.05, 0) is 37.6 Å². The molecule has 2 heterocycles. The normalized spacial score (nSPS) is 16.5. The second kappa shape index (κ2) is 10.6. The van der Waals surface area contributed by atoms with Crippen molar-refractivity contribution in [3.63, 3.8) is 0 Å². The molecular weight excluding hydrogens is 384 g/mol. The summed E-state index contributed by atoms with van der Waals surface area (Å²) in [4.78, 5) is 9.63. The maximum Gasteiger partial charge on any atom is 0.191 e. The average molecular weight is 417 g/mol. The van der Waals surface area contributed by atoms with Crippen LogP contribution in [0.2, 0.25) is 0 Å². The van der Waals surface area contributed by atoms with E-state index in [0.29, 0.717) is 12.6 Å². The Balaban J connectivity index is 1.62. The summed E-state index contributed by atoms with van der Waals surface area (Å²) in [5, 5.41) is 6.93. The fraction of sp³-hybridized carbons (Fsp3) is 0.500. The lowest BCUT2D eigenvalue weighted by atomic mass is 10.1. The molecule has 0 amide bonds. The van der Waals surface area contributed by atoms with Crippen molar-refractivity contribution >= 4 is 17.3 Å². The molecule has 1 aromatic heterocycles. The monoisotopic (exact) mass is 416 g/mol. The maximum absolute atomic E-state index is 5.55. The number of thiophene rings is 1. The summed E-state index contributed by atoms with van der Waals surface area (Å²) < 4.78 is 11.1. The highest BCUT2D eigenvalue weighted by Gasteiger charge is 2.24. The van der Waals surface area contributed by atoms with Crippen LogP contribution in [-0.4, -0.2) is 57.9 Å². The van der Waals surface area contributed by atoms with Gasteiger partial charge in [-0.25, -0.2) is 0 Å². The van der Waals surface area contributed by atoms with E-state index in [4.69, 9.17) is 9.47 Å². The fourth-order valence-electron chi connectivity index (χ4n) is 3.52. The Bertz CT molecular complexity index is 815. The number of methoxy groups -OCH3 is 1. The third-order valence-corrected chi connectivity index (χ3v) is 6.25. The Hall–Kier alpha value is -2.09. The third kappa shape index (κ3) is 5.95. The van der Waals surface area contributed by atoms with Crippen molar-refractivity contribution in [1.29, 1.82) is 0 Å². The number of rotatable bonds is 7. The topological polar surface area (TPSA) is 58.1 Å². The van der Waals surface area contributed by atoms with Crippen LogP contribution in [0.25, 0.3) is 0 Å². The first-order valence-corrected chi connectivity index (χ1v) is 10.9. The molecule has 1 atom stereocenters. The van der Waals surface area contributed by atoms with Crippen LogP contribution < -0.4 is 15.4 Å². The van der Waals surface area contributed by atoms with E-state index < -0.39 is 0 Å². The summed E-state index contributed by atoms with van der Waals surface area (Å²) in [7, 11) is 3.52. The van der Waals surface area contributed by atoms with Crippen LogP contribution in [0.5, 0.6) is 5.75 Å². The first-order valence-electron chi connectivity index (χ1n) is 10.1. The summed E-state index contributed by atoms with van der Waals surface area (Å²) >= 11 is 1.87. The Labute approximate surface area is 177 Å². The van der Waals surface area contributed by atoms with E-state index in [0.717, 1.165) is 50.1 Å². The Morgan fingerprint density at radius 2 is 2.00 bits per heavy atom. The minimum atomic E-state index is 0.310. The largest absolute Gasteiger partial charge is 0.496 e. The summed E-state index contributed by atoms with van der Waals surface area (Å²) in [5.41, 5.74) is 2.30. The van der Waals surface area contributed by atoms with Crippen molar-refractivity contribution < 1.29 is 9.47 Å². The van der Waals surface area contributed by atoms with Crippen molar-refractivity contribution in [2.75, 3.05) is 47.0 Å². The molecule has 1 aliphatic rings. The Kier molecular flexibility index (Phi) is 7.91. The van der Waals surface area contributed by atoms with Gasteiger partial charge >= 0.3 is 0 Å². The molecule has 0 radical (unpaired) electrons. The maximum atomic E-state index is 5.55. The number of guanidine groups is 1. The SMILES string of the molecule is CN=C(NCc1ccc(C)cc1OC)NCC(c1ccc(C)s1)N1CCOCC1. The number of ether oxygens (including phenoxy) is 2. The molecule has 0 bridgehead atoms. The standard InChI is InChI=1S/C22H32N4O2S/c1-16-5-7-18(20(13-16)27-4)14-24-22(23-3)25-15-19(21-8-6-17(2)29-21)26-9-11-28-12-10-26/h5-8,13,19H,9-12,14-15H2,1-4H3,(H2,23,24,25). The predicted molar refractivity (Wildman–Crippen MR) is 120 cm³/mol. The zero-order valence-electron chi connectivity index (χ0n) is 17.8. The molecular formula is C22H32N4O2S. The molecule has 3 rings (SSSR count). The Morgan fingerprint density at radius 1 is 1.21 bits per heavy atom. The first-order chi connectivity index (χ1) is 14.1. The number of nitrogens with one attached hydrogen (secondary N) is 2. The highest BCUT2D eigenvalue weighted by molar-refractivity contribution is 7.12. The van der Waals surface area contributed by atoms with Gasteiger partial charge in [0.25, 0.3) is 0 Å². The molecule has 2 aromatic rings. The van der Waals surface area contributed by atoms with Gasteiger partial charge in [0.15, 0.2) is 5.96 Å². The lowest BCUT2D eigenvalue weighted by Crippen LogP contribution is -2.46. The molecule has 1 saturated heterocycles. The van der Waals surface area contributed by atoms with Crippen molar-refractivity contribution in [2.45, 2.75) is 26.4 Å². The van der Waals surface area contributed by atoms with Crippen molar-refractivity contribution in [3.8, 4) is 5.75 Å². The molecule has 29 heavy (non-hydrogen) atoms. The average Bonchev–Trinajstić information content (AvgIpc) is 3.17. The van der Waals surface area contributed by atoms with Crippen LogP contribution in [-0.2, 0) is 11.3 Å². The molecule has 2 N–H and O–H groups in total. The van der Waals surface area contributed by atoms with E-state index in [2.05, 4.69) is 64.7 Å². The van der Waals surface area contributed by atoms with Crippen LogP contribution in [0.4, 0.5) is 0 Å². The number of hydrogen-bond acceptors (Lipinski definition) is 5. The predicted octanol–water partition coefficient (Wildman–Crippen LogP) is 3.11. The van der Waals surface area contributed by atoms with E-state index in [1.54, 1.807) is 14.2 Å². The highest BCUT2D eigenvalue weighted by atomic mass is 32.1. The van der Waals surface area contributed by atoms with Gasteiger partial charge in [0.2, 0.25) is 0 Å². The second-order valence-corrected chi connectivity index (χ2v) is 8.55. The van der Waals surface area contributed by atoms with Crippen molar-refractivity contribution in [1.82, 2.24) is 15.5 Å². The van der Waals surface area contributed by atoms with Crippen LogP contribution in [0.1, 0.15) is 26.9 Å².